The van der Waals surface area contributed by atoms with Crippen LogP contribution in [0, 0.1) is 11.3 Å². The highest BCUT2D eigenvalue weighted by molar-refractivity contribution is 5.81. The molecule has 22 heavy (non-hydrogen) atoms. The molecule has 1 aliphatic carbocycles. The van der Waals surface area contributed by atoms with Gasteiger partial charge in [0.15, 0.2) is 0 Å². The minimum Gasteiger partial charge on any atom is -0.384 e. The summed E-state index contributed by atoms with van der Waals surface area (Å²) >= 11 is 0. The summed E-state index contributed by atoms with van der Waals surface area (Å²) in [5.74, 6) is 0.662. The predicted molar refractivity (Wildman–Crippen MR) is 86.8 cm³/mol. The summed E-state index contributed by atoms with van der Waals surface area (Å²) in [6.07, 6.45) is 5.06. The number of amides is 1. The predicted octanol–water partition coefficient (Wildman–Crippen LogP) is 1.67. The molecule has 1 heterocycles. The summed E-state index contributed by atoms with van der Waals surface area (Å²) < 4.78 is 10.6. The highest BCUT2D eigenvalue weighted by atomic mass is 16.5. The van der Waals surface area contributed by atoms with E-state index in [1.54, 1.807) is 7.11 Å². The van der Waals surface area contributed by atoms with E-state index < -0.39 is 5.41 Å². The van der Waals surface area contributed by atoms with Gasteiger partial charge in [0.25, 0.3) is 0 Å². The largest absolute Gasteiger partial charge is 0.384 e. The second kappa shape index (κ2) is 8.27. The van der Waals surface area contributed by atoms with Gasteiger partial charge in [-0.25, -0.2) is 0 Å². The van der Waals surface area contributed by atoms with Crippen LogP contribution in [0.4, 0.5) is 0 Å². The number of hydrogen-bond donors (Lipinski definition) is 1. The van der Waals surface area contributed by atoms with Crippen molar-refractivity contribution in [3.63, 3.8) is 0 Å². The maximum absolute atomic E-state index is 12.4. The standard InChI is InChI=1S/C17H32N2O3/c1-17(2,13-21-3)16(20)18-12-14-6-4-5-7-15(14)19-8-10-22-11-9-19/h14-15H,4-13H2,1-3H3,(H,18,20)/t14-,15-/m0/s1. The van der Waals surface area contributed by atoms with Crippen molar-refractivity contribution < 1.29 is 14.3 Å². The first-order valence-electron chi connectivity index (χ1n) is 8.63. The van der Waals surface area contributed by atoms with Crippen molar-refractivity contribution in [2.45, 2.75) is 45.6 Å². The van der Waals surface area contributed by atoms with Crippen LogP contribution < -0.4 is 5.32 Å². The van der Waals surface area contributed by atoms with Crippen LogP contribution in [0.5, 0.6) is 0 Å². The summed E-state index contributed by atoms with van der Waals surface area (Å²) in [7, 11) is 1.64. The van der Waals surface area contributed by atoms with Crippen LogP contribution in [0.15, 0.2) is 0 Å². The Labute approximate surface area is 134 Å². The van der Waals surface area contributed by atoms with E-state index in [0.29, 0.717) is 18.6 Å². The maximum atomic E-state index is 12.4. The maximum Gasteiger partial charge on any atom is 0.227 e. The Morgan fingerprint density at radius 2 is 1.95 bits per heavy atom. The van der Waals surface area contributed by atoms with Crippen molar-refractivity contribution in [3.05, 3.63) is 0 Å². The highest BCUT2D eigenvalue weighted by Gasteiger charge is 2.33. The highest BCUT2D eigenvalue weighted by Crippen LogP contribution is 2.29. The van der Waals surface area contributed by atoms with E-state index in [2.05, 4.69) is 10.2 Å². The summed E-state index contributed by atoms with van der Waals surface area (Å²) in [5, 5.41) is 3.17. The van der Waals surface area contributed by atoms with Gasteiger partial charge in [0, 0.05) is 32.8 Å². The molecule has 2 atom stereocenters. The van der Waals surface area contributed by atoms with Gasteiger partial charge in [-0.3, -0.25) is 9.69 Å². The lowest BCUT2D eigenvalue weighted by Gasteiger charge is -2.42. The molecule has 5 heteroatoms. The molecular formula is C17H32N2O3. The Morgan fingerprint density at radius 1 is 1.27 bits per heavy atom. The third-order valence-electron chi connectivity index (χ3n) is 5.03. The minimum absolute atomic E-state index is 0.0978. The summed E-state index contributed by atoms with van der Waals surface area (Å²) in [6, 6.07) is 0.600. The first-order chi connectivity index (χ1) is 10.5. The van der Waals surface area contributed by atoms with Crippen molar-refractivity contribution in [1.29, 1.82) is 0 Å². The molecule has 2 fully saturated rings. The Morgan fingerprint density at radius 3 is 2.64 bits per heavy atom. The second-order valence-corrected chi connectivity index (χ2v) is 7.29. The first kappa shape index (κ1) is 17.7. The molecule has 1 saturated heterocycles. The van der Waals surface area contributed by atoms with Crippen molar-refractivity contribution in [1.82, 2.24) is 10.2 Å². The SMILES string of the molecule is COCC(C)(C)C(=O)NC[C@@H]1CCCC[C@@H]1N1CCOCC1. The lowest BCUT2D eigenvalue weighted by molar-refractivity contribution is -0.132. The van der Waals surface area contributed by atoms with E-state index in [1.807, 2.05) is 13.8 Å². The molecule has 0 aromatic heterocycles. The average Bonchev–Trinajstić information content (AvgIpc) is 2.53. The monoisotopic (exact) mass is 312 g/mol. The van der Waals surface area contributed by atoms with Gasteiger partial charge in [0.1, 0.15) is 0 Å². The molecule has 0 aromatic carbocycles. The fraction of sp³-hybridized carbons (Fsp3) is 0.941. The Bertz CT molecular complexity index is 354. The smallest absolute Gasteiger partial charge is 0.227 e. The summed E-state index contributed by atoms with van der Waals surface area (Å²) in [4.78, 5) is 14.9. The molecule has 0 bridgehead atoms. The Hall–Kier alpha value is -0.650. The van der Waals surface area contributed by atoms with Gasteiger partial charge >= 0.3 is 0 Å². The van der Waals surface area contributed by atoms with Crippen LogP contribution in [0.2, 0.25) is 0 Å². The molecule has 0 aromatic rings. The van der Waals surface area contributed by atoms with Crippen LogP contribution in [0.25, 0.3) is 0 Å². The lowest BCUT2D eigenvalue weighted by Crippen LogP contribution is -2.51. The fourth-order valence-corrected chi connectivity index (χ4v) is 3.71. The summed E-state index contributed by atoms with van der Waals surface area (Å²) in [5.41, 5.74) is -0.460. The van der Waals surface area contributed by atoms with E-state index in [0.717, 1.165) is 32.8 Å². The molecule has 5 nitrogen and oxygen atoms in total. The molecule has 2 rings (SSSR count). The molecule has 1 amide bonds. The Kier molecular flexibility index (Phi) is 6.66. The van der Waals surface area contributed by atoms with Gasteiger partial charge in [0.2, 0.25) is 5.91 Å². The zero-order valence-electron chi connectivity index (χ0n) is 14.4. The number of morpholine rings is 1. The molecule has 1 saturated carbocycles. The summed E-state index contributed by atoms with van der Waals surface area (Å²) in [6.45, 7) is 8.87. The third-order valence-corrected chi connectivity index (χ3v) is 5.03. The number of ether oxygens (including phenoxy) is 2. The zero-order valence-corrected chi connectivity index (χ0v) is 14.4. The van der Waals surface area contributed by atoms with Gasteiger partial charge in [0.05, 0.1) is 25.2 Å². The quantitative estimate of drug-likeness (QED) is 0.810. The third kappa shape index (κ3) is 4.67. The zero-order chi connectivity index (χ0) is 16.0. The van der Waals surface area contributed by atoms with Crippen molar-refractivity contribution in [2.75, 3.05) is 46.6 Å². The van der Waals surface area contributed by atoms with Gasteiger partial charge in [-0.05, 0) is 32.6 Å². The molecule has 2 aliphatic rings. The van der Waals surface area contributed by atoms with E-state index in [1.165, 1.54) is 25.7 Å². The number of carbonyl (C=O) groups is 1. The van der Waals surface area contributed by atoms with E-state index in [9.17, 15) is 4.79 Å². The average molecular weight is 312 g/mol. The van der Waals surface area contributed by atoms with Crippen LogP contribution >= 0.6 is 0 Å². The second-order valence-electron chi connectivity index (χ2n) is 7.29. The van der Waals surface area contributed by atoms with Crippen molar-refractivity contribution in [2.24, 2.45) is 11.3 Å². The normalized spacial score (nSPS) is 27.6. The van der Waals surface area contributed by atoms with Crippen LogP contribution in [0.3, 0.4) is 0 Å². The number of methoxy groups -OCH3 is 1. The number of nitrogens with zero attached hydrogens (tertiary/aromatic N) is 1. The van der Waals surface area contributed by atoms with Gasteiger partial charge < -0.3 is 14.8 Å². The van der Waals surface area contributed by atoms with E-state index >= 15 is 0 Å². The molecular weight excluding hydrogens is 280 g/mol. The van der Waals surface area contributed by atoms with E-state index in [-0.39, 0.29) is 5.91 Å². The van der Waals surface area contributed by atoms with Crippen LogP contribution in [-0.4, -0.2) is 63.4 Å². The van der Waals surface area contributed by atoms with Gasteiger partial charge in [-0.1, -0.05) is 12.8 Å². The molecule has 0 spiro atoms. The van der Waals surface area contributed by atoms with Crippen molar-refractivity contribution in [3.8, 4) is 0 Å². The molecule has 0 unspecified atom stereocenters. The van der Waals surface area contributed by atoms with Crippen LogP contribution in [-0.2, 0) is 14.3 Å². The number of hydrogen-bond acceptors (Lipinski definition) is 4. The van der Waals surface area contributed by atoms with Gasteiger partial charge in [-0.2, -0.15) is 0 Å². The molecule has 1 aliphatic heterocycles. The topological polar surface area (TPSA) is 50.8 Å². The first-order valence-corrected chi connectivity index (χ1v) is 8.63. The van der Waals surface area contributed by atoms with Crippen molar-refractivity contribution >= 4 is 5.91 Å². The number of nitrogens with one attached hydrogen (secondary N) is 1. The molecule has 1 N–H and O–H groups in total. The Balaban J connectivity index is 1.87. The lowest BCUT2D eigenvalue weighted by atomic mass is 9.83. The fourth-order valence-electron chi connectivity index (χ4n) is 3.71. The van der Waals surface area contributed by atoms with Crippen LogP contribution in [0.1, 0.15) is 39.5 Å². The molecule has 128 valence electrons. The van der Waals surface area contributed by atoms with E-state index in [4.69, 9.17) is 9.47 Å². The number of rotatable bonds is 6. The molecule has 0 radical (unpaired) electrons. The van der Waals surface area contributed by atoms with Gasteiger partial charge in [-0.15, -0.1) is 0 Å². The minimum atomic E-state index is -0.460. The number of carbonyl (C=O) groups excluding carboxylic acids is 1.